The lowest BCUT2D eigenvalue weighted by Crippen LogP contribution is -2.42. The molecule has 2 aromatic rings. The minimum Gasteiger partial charge on any atom is -0.365 e. The topological polar surface area (TPSA) is 92.1 Å². The number of aromatic nitrogens is 2. The van der Waals surface area contributed by atoms with Crippen LogP contribution in [0.15, 0.2) is 12.1 Å². The number of hydrogen-bond acceptors (Lipinski definition) is 3. The van der Waals surface area contributed by atoms with Crippen molar-refractivity contribution in [2.24, 2.45) is 5.73 Å². The van der Waals surface area contributed by atoms with E-state index < -0.39 is 17.3 Å². The van der Waals surface area contributed by atoms with E-state index in [0.717, 1.165) is 12.8 Å². The van der Waals surface area contributed by atoms with Gasteiger partial charge in [0.2, 0.25) is 5.91 Å². The van der Waals surface area contributed by atoms with E-state index in [4.69, 9.17) is 5.73 Å². The molecule has 1 aromatic carbocycles. The van der Waals surface area contributed by atoms with E-state index in [9.17, 15) is 14.0 Å². The molecule has 22 heavy (non-hydrogen) atoms. The van der Waals surface area contributed by atoms with Crippen LogP contribution in [0, 0.1) is 5.82 Å². The van der Waals surface area contributed by atoms with Crippen LogP contribution in [0.1, 0.15) is 42.9 Å². The van der Waals surface area contributed by atoms with Crippen LogP contribution < -0.4 is 5.73 Å². The summed E-state index contributed by atoms with van der Waals surface area (Å²) in [5, 5.41) is 0. The van der Waals surface area contributed by atoms with Crippen molar-refractivity contribution < 1.29 is 14.0 Å². The van der Waals surface area contributed by atoms with Gasteiger partial charge in [-0.05, 0) is 31.9 Å². The highest BCUT2D eigenvalue weighted by atomic mass is 19.1. The molecule has 1 fully saturated rings. The lowest BCUT2D eigenvalue weighted by Gasteiger charge is -2.32. The molecule has 0 aliphatic carbocycles. The highest BCUT2D eigenvalue weighted by molar-refractivity contribution is 6.04. The molecule has 6 nitrogen and oxygen atoms in total. The van der Waals surface area contributed by atoms with Crippen molar-refractivity contribution in [3.8, 4) is 0 Å². The average Bonchev–Trinajstić information content (AvgIpc) is 3.02. The molecule has 1 aliphatic rings. The van der Waals surface area contributed by atoms with Gasteiger partial charge < -0.3 is 15.6 Å². The van der Waals surface area contributed by atoms with E-state index in [0.29, 0.717) is 17.9 Å². The fourth-order valence-electron chi connectivity index (χ4n) is 3.25. The Labute approximate surface area is 126 Å². The first kappa shape index (κ1) is 14.5. The summed E-state index contributed by atoms with van der Waals surface area (Å²) >= 11 is 0. The van der Waals surface area contributed by atoms with E-state index >= 15 is 0 Å². The van der Waals surface area contributed by atoms with Gasteiger partial charge in [0.15, 0.2) is 0 Å². The predicted octanol–water partition coefficient (Wildman–Crippen LogP) is 1.66. The number of imidazole rings is 1. The van der Waals surface area contributed by atoms with Crippen LogP contribution in [0.5, 0.6) is 0 Å². The molecule has 3 N–H and O–H groups in total. The molecule has 7 heteroatoms. The number of rotatable bonds is 2. The standard InChI is InChI=1S/C15H17FN4O2/c1-8(21)20-7-3-6-15(20,2)14-18-10-5-4-9(16)11(13(17)22)12(10)19-14/h4-5H,3,6-7H2,1-2H3,(H2,17,22)(H,18,19)/t15-/m0/s1. The maximum absolute atomic E-state index is 13.8. The van der Waals surface area contributed by atoms with Crippen LogP contribution in [0.25, 0.3) is 11.0 Å². The molecule has 1 saturated heterocycles. The summed E-state index contributed by atoms with van der Waals surface area (Å²) in [5.41, 5.74) is 5.18. The maximum Gasteiger partial charge on any atom is 0.253 e. The Morgan fingerprint density at radius 1 is 1.45 bits per heavy atom. The molecule has 0 bridgehead atoms. The zero-order valence-corrected chi connectivity index (χ0v) is 12.4. The van der Waals surface area contributed by atoms with Crippen LogP contribution in [-0.2, 0) is 10.3 Å². The van der Waals surface area contributed by atoms with E-state index in [1.165, 1.54) is 19.1 Å². The molecule has 1 aliphatic heterocycles. The number of amides is 2. The first-order chi connectivity index (χ1) is 10.3. The second-order valence-electron chi connectivity index (χ2n) is 5.82. The van der Waals surface area contributed by atoms with Gasteiger partial charge in [-0.3, -0.25) is 9.59 Å². The van der Waals surface area contributed by atoms with Gasteiger partial charge in [-0.1, -0.05) is 0 Å². The minimum absolute atomic E-state index is 0.0400. The smallest absolute Gasteiger partial charge is 0.253 e. The quantitative estimate of drug-likeness (QED) is 0.883. The molecular formula is C15H17FN4O2. The largest absolute Gasteiger partial charge is 0.365 e. The second-order valence-corrected chi connectivity index (χ2v) is 5.82. The van der Waals surface area contributed by atoms with Crippen molar-refractivity contribution in [1.29, 1.82) is 0 Å². The third-order valence-electron chi connectivity index (χ3n) is 4.38. The molecule has 2 heterocycles. The van der Waals surface area contributed by atoms with Crippen LogP contribution in [0.2, 0.25) is 0 Å². The number of aromatic amines is 1. The Morgan fingerprint density at radius 2 is 2.18 bits per heavy atom. The van der Waals surface area contributed by atoms with Crippen molar-refractivity contribution >= 4 is 22.8 Å². The molecule has 2 amide bonds. The van der Waals surface area contributed by atoms with Crippen molar-refractivity contribution in [3.05, 3.63) is 29.3 Å². The summed E-state index contributed by atoms with van der Waals surface area (Å²) < 4.78 is 13.8. The van der Waals surface area contributed by atoms with Gasteiger partial charge in [0.1, 0.15) is 22.7 Å². The van der Waals surface area contributed by atoms with E-state index in [-0.39, 0.29) is 17.0 Å². The van der Waals surface area contributed by atoms with Gasteiger partial charge in [-0.15, -0.1) is 0 Å². The highest BCUT2D eigenvalue weighted by Gasteiger charge is 2.42. The summed E-state index contributed by atoms with van der Waals surface area (Å²) in [4.78, 5) is 32.5. The molecule has 116 valence electrons. The fraction of sp³-hybridized carbons (Fsp3) is 0.400. The van der Waals surface area contributed by atoms with E-state index in [1.807, 2.05) is 6.92 Å². The van der Waals surface area contributed by atoms with Gasteiger partial charge >= 0.3 is 0 Å². The van der Waals surface area contributed by atoms with Gasteiger partial charge in [0.25, 0.3) is 5.91 Å². The first-order valence-electron chi connectivity index (χ1n) is 7.11. The lowest BCUT2D eigenvalue weighted by atomic mass is 9.98. The van der Waals surface area contributed by atoms with Gasteiger partial charge in [0.05, 0.1) is 11.1 Å². The van der Waals surface area contributed by atoms with Gasteiger partial charge in [0, 0.05) is 13.5 Å². The Balaban J connectivity index is 2.19. The van der Waals surface area contributed by atoms with E-state index in [1.54, 1.807) is 4.90 Å². The van der Waals surface area contributed by atoms with Crippen molar-refractivity contribution in [2.75, 3.05) is 6.54 Å². The number of carbonyl (C=O) groups is 2. The van der Waals surface area contributed by atoms with Gasteiger partial charge in [-0.2, -0.15) is 0 Å². The second kappa shape index (κ2) is 4.79. The number of nitrogens with one attached hydrogen (secondary N) is 1. The van der Waals surface area contributed by atoms with Crippen LogP contribution in [0.4, 0.5) is 4.39 Å². The summed E-state index contributed by atoms with van der Waals surface area (Å²) in [7, 11) is 0. The number of carbonyl (C=O) groups excluding carboxylic acids is 2. The maximum atomic E-state index is 13.8. The third-order valence-corrected chi connectivity index (χ3v) is 4.38. The number of halogens is 1. The van der Waals surface area contributed by atoms with Crippen molar-refractivity contribution in [3.63, 3.8) is 0 Å². The molecule has 0 saturated carbocycles. The number of nitrogens with two attached hydrogens (primary N) is 1. The molecule has 0 spiro atoms. The Bertz CT molecular complexity index is 785. The SMILES string of the molecule is CC(=O)N1CCC[C@@]1(C)c1nc2c(C(N)=O)c(F)ccc2[nH]1. The van der Waals surface area contributed by atoms with Crippen LogP contribution in [0.3, 0.4) is 0 Å². The number of fused-ring (bicyclic) bond motifs is 1. The van der Waals surface area contributed by atoms with Crippen LogP contribution in [-0.4, -0.2) is 33.2 Å². The molecular weight excluding hydrogens is 287 g/mol. The minimum atomic E-state index is -0.860. The number of likely N-dealkylation sites (tertiary alicyclic amines) is 1. The normalized spacial score (nSPS) is 21.5. The van der Waals surface area contributed by atoms with Gasteiger partial charge in [-0.25, -0.2) is 9.37 Å². The summed E-state index contributed by atoms with van der Waals surface area (Å²) in [6, 6.07) is 2.70. The summed E-state index contributed by atoms with van der Waals surface area (Å²) in [6.45, 7) is 4.08. The number of benzene rings is 1. The Morgan fingerprint density at radius 3 is 2.82 bits per heavy atom. The number of nitrogens with zero attached hydrogens (tertiary/aromatic N) is 2. The summed E-state index contributed by atoms with van der Waals surface area (Å²) in [5.74, 6) is -1.05. The Hall–Kier alpha value is -2.44. The molecule has 0 unspecified atom stereocenters. The molecule has 0 radical (unpaired) electrons. The van der Waals surface area contributed by atoms with Crippen molar-refractivity contribution in [2.45, 2.75) is 32.2 Å². The zero-order chi connectivity index (χ0) is 16.1. The monoisotopic (exact) mass is 304 g/mol. The third kappa shape index (κ3) is 1.96. The zero-order valence-electron chi connectivity index (χ0n) is 12.4. The van der Waals surface area contributed by atoms with E-state index in [2.05, 4.69) is 9.97 Å². The Kier molecular flexibility index (Phi) is 3.16. The fourth-order valence-corrected chi connectivity index (χ4v) is 3.25. The van der Waals surface area contributed by atoms with Crippen LogP contribution >= 0.6 is 0 Å². The molecule has 1 atom stereocenters. The average molecular weight is 304 g/mol. The lowest BCUT2D eigenvalue weighted by molar-refractivity contribution is -0.132. The number of primary amides is 1. The number of H-pyrrole nitrogens is 1. The molecule has 1 aromatic heterocycles. The van der Waals surface area contributed by atoms with Crippen molar-refractivity contribution in [1.82, 2.24) is 14.9 Å². The summed E-state index contributed by atoms with van der Waals surface area (Å²) in [6.07, 6.45) is 1.62. The number of hydrogen-bond donors (Lipinski definition) is 2. The first-order valence-corrected chi connectivity index (χ1v) is 7.11. The highest BCUT2D eigenvalue weighted by Crippen LogP contribution is 2.38. The molecule has 3 rings (SSSR count). The predicted molar refractivity (Wildman–Crippen MR) is 78.5 cm³/mol.